The molecule has 4 heteroatoms. The van der Waals surface area contributed by atoms with Crippen molar-refractivity contribution in [3.8, 4) is 0 Å². The van der Waals surface area contributed by atoms with Gasteiger partial charge >= 0.3 is 5.97 Å². The van der Waals surface area contributed by atoms with E-state index >= 15 is 0 Å². The van der Waals surface area contributed by atoms with Gasteiger partial charge in [-0.25, -0.2) is 4.79 Å². The first kappa shape index (κ1) is 11.2. The van der Waals surface area contributed by atoms with Crippen LogP contribution >= 0.6 is 0 Å². The number of nitrogens with one attached hydrogen (secondary N) is 1. The number of furan rings is 1. The van der Waals surface area contributed by atoms with Gasteiger partial charge in [0.15, 0.2) is 0 Å². The topological polar surface area (TPSA) is 51.5 Å². The maximum Gasteiger partial charge on any atom is 0.374 e. The number of piperidine rings is 1. The number of carbonyl (C=O) groups excluding carboxylic acids is 1. The predicted octanol–water partition coefficient (Wildman–Crippen LogP) is 1.83. The molecule has 2 rings (SSSR count). The Kier molecular flexibility index (Phi) is 3.99. The standard InChI is InChI=1S/C12H17NO3/c14-12(11-2-1-8-15-11)16-9-5-10-3-6-13-7-4-10/h1-2,8,10,13H,3-7,9H2. The quantitative estimate of drug-likeness (QED) is 0.791. The van der Waals surface area contributed by atoms with Crippen LogP contribution in [0, 0.1) is 5.92 Å². The minimum atomic E-state index is -0.362. The summed E-state index contributed by atoms with van der Waals surface area (Å²) in [7, 11) is 0. The van der Waals surface area contributed by atoms with E-state index in [9.17, 15) is 4.79 Å². The van der Waals surface area contributed by atoms with Crippen molar-refractivity contribution in [2.45, 2.75) is 19.3 Å². The van der Waals surface area contributed by atoms with Crippen molar-refractivity contribution in [2.24, 2.45) is 5.92 Å². The van der Waals surface area contributed by atoms with Gasteiger partial charge in [-0.3, -0.25) is 0 Å². The molecule has 88 valence electrons. The fourth-order valence-corrected chi connectivity index (χ4v) is 1.95. The molecular weight excluding hydrogens is 206 g/mol. The Morgan fingerprint density at radius 1 is 1.50 bits per heavy atom. The molecule has 0 aromatic carbocycles. The Morgan fingerprint density at radius 3 is 3.00 bits per heavy atom. The maximum atomic E-state index is 11.4. The van der Waals surface area contributed by atoms with Crippen LogP contribution in [-0.4, -0.2) is 25.7 Å². The predicted molar refractivity (Wildman–Crippen MR) is 59.2 cm³/mol. The molecule has 2 heterocycles. The van der Waals surface area contributed by atoms with E-state index < -0.39 is 0 Å². The summed E-state index contributed by atoms with van der Waals surface area (Å²) in [5.41, 5.74) is 0. The Balaban J connectivity index is 1.66. The Labute approximate surface area is 95.0 Å². The summed E-state index contributed by atoms with van der Waals surface area (Å²) in [4.78, 5) is 11.4. The van der Waals surface area contributed by atoms with E-state index in [1.54, 1.807) is 12.1 Å². The SMILES string of the molecule is O=C(OCCC1CCNCC1)c1ccco1. The normalized spacial score (nSPS) is 17.2. The lowest BCUT2D eigenvalue weighted by Gasteiger charge is -2.21. The average Bonchev–Trinajstić information content (AvgIpc) is 2.84. The van der Waals surface area contributed by atoms with Crippen molar-refractivity contribution < 1.29 is 13.9 Å². The molecule has 0 aliphatic carbocycles. The van der Waals surface area contributed by atoms with E-state index in [0.29, 0.717) is 12.5 Å². The molecule has 1 aliphatic rings. The molecule has 0 spiro atoms. The lowest BCUT2D eigenvalue weighted by Crippen LogP contribution is -2.28. The van der Waals surface area contributed by atoms with Crippen LogP contribution in [0.1, 0.15) is 29.8 Å². The Morgan fingerprint density at radius 2 is 2.31 bits per heavy atom. The number of rotatable bonds is 4. The Hall–Kier alpha value is -1.29. The van der Waals surface area contributed by atoms with Gasteiger partial charge in [-0.15, -0.1) is 0 Å². The largest absolute Gasteiger partial charge is 0.460 e. The van der Waals surface area contributed by atoms with Crippen molar-refractivity contribution >= 4 is 5.97 Å². The van der Waals surface area contributed by atoms with Crippen molar-refractivity contribution in [2.75, 3.05) is 19.7 Å². The summed E-state index contributed by atoms with van der Waals surface area (Å²) < 4.78 is 10.1. The number of esters is 1. The fourth-order valence-electron chi connectivity index (χ4n) is 1.95. The molecule has 0 amide bonds. The molecule has 1 aromatic heterocycles. The van der Waals surface area contributed by atoms with Crippen LogP contribution in [0.4, 0.5) is 0 Å². The molecule has 1 aromatic rings. The zero-order chi connectivity index (χ0) is 11.2. The highest BCUT2D eigenvalue weighted by Gasteiger charge is 2.14. The van der Waals surface area contributed by atoms with Gasteiger partial charge in [0.25, 0.3) is 0 Å². The summed E-state index contributed by atoms with van der Waals surface area (Å²) >= 11 is 0. The van der Waals surface area contributed by atoms with Crippen molar-refractivity contribution in [1.82, 2.24) is 5.32 Å². The van der Waals surface area contributed by atoms with Crippen molar-refractivity contribution in [3.63, 3.8) is 0 Å². The average molecular weight is 223 g/mol. The van der Waals surface area contributed by atoms with Gasteiger partial charge in [-0.1, -0.05) is 0 Å². The van der Waals surface area contributed by atoms with Crippen LogP contribution in [0.25, 0.3) is 0 Å². The first-order valence-electron chi connectivity index (χ1n) is 5.77. The molecule has 4 nitrogen and oxygen atoms in total. The third-order valence-corrected chi connectivity index (χ3v) is 2.94. The first-order valence-corrected chi connectivity index (χ1v) is 5.77. The number of hydrogen-bond acceptors (Lipinski definition) is 4. The number of ether oxygens (including phenoxy) is 1. The minimum Gasteiger partial charge on any atom is -0.460 e. The summed E-state index contributed by atoms with van der Waals surface area (Å²) in [6.45, 7) is 2.65. The molecule has 0 bridgehead atoms. The monoisotopic (exact) mass is 223 g/mol. The van der Waals surface area contributed by atoms with Crippen LogP contribution in [0.3, 0.4) is 0 Å². The summed E-state index contributed by atoms with van der Waals surface area (Å²) in [6, 6.07) is 3.30. The molecule has 1 saturated heterocycles. The van der Waals surface area contributed by atoms with Crippen molar-refractivity contribution in [1.29, 1.82) is 0 Å². The molecule has 16 heavy (non-hydrogen) atoms. The summed E-state index contributed by atoms with van der Waals surface area (Å²) in [5, 5.41) is 3.31. The lowest BCUT2D eigenvalue weighted by atomic mass is 9.95. The zero-order valence-electron chi connectivity index (χ0n) is 9.28. The van der Waals surface area contributed by atoms with Crippen LogP contribution in [0.2, 0.25) is 0 Å². The molecule has 1 aliphatic heterocycles. The van der Waals surface area contributed by atoms with Gasteiger partial charge in [-0.05, 0) is 50.4 Å². The van der Waals surface area contributed by atoms with Crippen LogP contribution in [-0.2, 0) is 4.74 Å². The highest BCUT2D eigenvalue weighted by atomic mass is 16.5. The summed E-state index contributed by atoms with van der Waals surface area (Å²) in [6.07, 6.45) is 4.79. The summed E-state index contributed by atoms with van der Waals surface area (Å²) in [5.74, 6) is 0.606. The second-order valence-electron chi connectivity index (χ2n) is 4.10. The Bertz CT molecular complexity index is 315. The molecule has 0 unspecified atom stereocenters. The molecule has 0 radical (unpaired) electrons. The van der Waals surface area contributed by atoms with Gasteiger partial charge in [0.05, 0.1) is 12.9 Å². The van der Waals surface area contributed by atoms with Gasteiger partial charge in [0, 0.05) is 0 Å². The van der Waals surface area contributed by atoms with Gasteiger partial charge in [0.1, 0.15) is 0 Å². The second-order valence-corrected chi connectivity index (χ2v) is 4.10. The van der Waals surface area contributed by atoms with Crippen LogP contribution < -0.4 is 5.32 Å². The molecule has 0 atom stereocenters. The van der Waals surface area contributed by atoms with E-state index in [1.807, 2.05) is 0 Å². The third-order valence-electron chi connectivity index (χ3n) is 2.94. The van der Waals surface area contributed by atoms with Gasteiger partial charge < -0.3 is 14.5 Å². The van der Waals surface area contributed by atoms with Gasteiger partial charge in [0.2, 0.25) is 5.76 Å². The maximum absolute atomic E-state index is 11.4. The molecule has 1 fully saturated rings. The smallest absolute Gasteiger partial charge is 0.374 e. The third kappa shape index (κ3) is 3.10. The number of carbonyl (C=O) groups is 1. The minimum absolute atomic E-state index is 0.283. The van der Waals surface area contributed by atoms with E-state index in [1.165, 1.54) is 19.1 Å². The van der Waals surface area contributed by atoms with E-state index in [-0.39, 0.29) is 11.7 Å². The zero-order valence-corrected chi connectivity index (χ0v) is 9.28. The lowest BCUT2D eigenvalue weighted by molar-refractivity contribution is 0.0440. The van der Waals surface area contributed by atoms with E-state index in [0.717, 1.165) is 19.5 Å². The van der Waals surface area contributed by atoms with E-state index in [2.05, 4.69) is 5.32 Å². The second kappa shape index (κ2) is 5.70. The molecule has 0 saturated carbocycles. The molecule has 1 N–H and O–H groups in total. The van der Waals surface area contributed by atoms with Gasteiger partial charge in [-0.2, -0.15) is 0 Å². The van der Waals surface area contributed by atoms with Crippen molar-refractivity contribution in [3.05, 3.63) is 24.2 Å². The van der Waals surface area contributed by atoms with Crippen LogP contribution in [0.5, 0.6) is 0 Å². The van der Waals surface area contributed by atoms with Crippen LogP contribution in [0.15, 0.2) is 22.8 Å². The first-order chi connectivity index (χ1) is 7.86. The highest BCUT2D eigenvalue weighted by molar-refractivity contribution is 5.86. The highest BCUT2D eigenvalue weighted by Crippen LogP contribution is 2.16. The van der Waals surface area contributed by atoms with E-state index in [4.69, 9.17) is 9.15 Å². The molecular formula is C12H17NO3. The number of hydrogen-bond donors (Lipinski definition) is 1. The fraction of sp³-hybridized carbons (Fsp3) is 0.583.